The zero-order valence-corrected chi connectivity index (χ0v) is 14.2. The van der Waals surface area contributed by atoms with Crippen LogP contribution in [0.5, 0.6) is 0 Å². The summed E-state index contributed by atoms with van der Waals surface area (Å²) in [4.78, 5) is 17.9. The second kappa shape index (κ2) is 7.46. The van der Waals surface area contributed by atoms with Gasteiger partial charge in [0.25, 0.3) is 0 Å². The van der Waals surface area contributed by atoms with Gasteiger partial charge in [-0.05, 0) is 30.3 Å². The summed E-state index contributed by atoms with van der Waals surface area (Å²) >= 11 is 0. The molecule has 0 atom stereocenters. The Morgan fingerprint density at radius 1 is 1.25 bits per heavy atom. The molecule has 0 saturated heterocycles. The first-order chi connectivity index (χ1) is 8.99. The highest BCUT2D eigenvalue weighted by atomic mass is 16.1. The minimum atomic E-state index is -0.114. The SMILES string of the molecule is C=CC(=O)NCC(C)(C)CC(C)(C)CN=C(C)N(C)C. The summed E-state index contributed by atoms with van der Waals surface area (Å²) < 4.78 is 0. The van der Waals surface area contributed by atoms with Gasteiger partial charge in [-0.3, -0.25) is 9.79 Å². The van der Waals surface area contributed by atoms with Crippen molar-refractivity contribution in [2.75, 3.05) is 27.2 Å². The Labute approximate surface area is 124 Å². The summed E-state index contributed by atoms with van der Waals surface area (Å²) in [6.07, 6.45) is 2.30. The molecule has 0 unspecified atom stereocenters. The number of nitrogens with one attached hydrogen (secondary N) is 1. The molecular weight excluding hydrogens is 250 g/mol. The van der Waals surface area contributed by atoms with Crippen LogP contribution in [0.2, 0.25) is 0 Å². The van der Waals surface area contributed by atoms with Crippen molar-refractivity contribution in [3.63, 3.8) is 0 Å². The minimum Gasteiger partial charge on any atom is -0.367 e. The van der Waals surface area contributed by atoms with E-state index in [1.54, 1.807) is 0 Å². The Bertz CT molecular complexity index is 368. The zero-order chi connectivity index (χ0) is 16.0. The van der Waals surface area contributed by atoms with Crippen LogP contribution in [-0.2, 0) is 4.79 Å². The maximum Gasteiger partial charge on any atom is 0.243 e. The molecule has 0 saturated carbocycles. The van der Waals surface area contributed by atoms with Crippen molar-refractivity contribution in [2.45, 2.75) is 41.0 Å². The lowest BCUT2D eigenvalue weighted by atomic mass is 9.75. The molecule has 0 aliphatic heterocycles. The Balaban J connectivity index is 4.53. The number of hydrogen-bond donors (Lipinski definition) is 1. The number of aliphatic imine (C=N–C) groups is 1. The molecule has 116 valence electrons. The average molecular weight is 281 g/mol. The highest BCUT2D eigenvalue weighted by Gasteiger charge is 2.29. The topological polar surface area (TPSA) is 44.7 Å². The second-order valence-corrected chi connectivity index (χ2v) is 7.19. The van der Waals surface area contributed by atoms with Crippen LogP contribution >= 0.6 is 0 Å². The van der Waals surface area contributed by atoms with E-state index in [1.807, 2.05) is 25.9 Å². The summed E-state index contributed by atoms with van der Waals surface area (Å²) in [5.41, 5.74) is 0.128. The highest BCUT2D eigenvalue weighted by molar-refractivity contribution is 5.86. The third kappa shape index (κ3) is 7.97. The van der Waals surface area contributed by atoms with Gasteiger partial charge >= 0.3 is 0 Å². The van der Waals surface area contributed by atoms with Crippen LogP contribution < -0.4 is 5.32 Å². The lowest BCUT2D eigenvalue weighted by Gasteiger charge is -2.34. The van der Waals surface area contributed by atoms with Crippen molar-refractivity contribution in [1.29, 1.82) is 0 Å². The van der Waals surface area contributed by atoms with Crippen molar-refractivity contribution >= 4 is 11.7 Å². The van der Waals surface area contributed by atoms with Gasteiger partial charge in [0, 0.05) is 27.2 Å². The smallest absolute Gasteiger partial charge is 0.243 e. The van der Waals surface area contributed by atoms with Crippen LogP contribution in [-0.4, -0.2) is 43.8 Å². The van der Waals surface area contributed by atoms with Gasteiger partial charge in [0.05, 0.1) is 5.84 Å². The van der Waals surface area contributed by atoms with E-state index in [0.717, 1.165) is 18.8 Å². The summed E-state index contributed by atoms with van der Waals surface area (Å²) in [6.45, 7) is 15.7. The summed E-state index contributed by atoms with van der Waals surface area (Å²) in [6, 6.07) is 0. The van der Waals surface area contributed by atoms with E-state index in [-0.39, 0.29) is 16.7 Å². The van der Waals surface area contributed by atoms with E-state index in [9.17, 15) is 4.79 Å². The van der Waals surface area contributed by atoms with Crippen LogP contribution in [0.1, 0.15) is 41.0 Å². The van der Waals surface area contributed by atoms with Crippen LogP contribution in [0.3, 0.4) is 0 Å². The van der Waals surface area contributed by atoms with E-state index in [0.29, 0.717) is 6.54 Å². The van der Waals surface area contributed by atoms with Gasteiger partial charge in [-0.25, -0.2) is 0 Å². The molecule has 1 amide bonds. The molecule has 0 fully saturated rings. The number of carbonyl (C=O) groups is 1. The molecule has 0 spiro atoms. The fraction of sp³-hybridized carbons (Fsp3) is 0.750. The Kier molecular flexibility index (Phi) is 6.97. The molecule has 0 aliphatic carbocycles. The van der Waals surface area contributed by atoms with Crippen LogP contribution in [0.25, 0.3) is 0 Å². The average Bonchev–Trinajstić information content (AvgIpc) is 2.31. The molecule has 0 radical (unpaired) electrons. The molecule has 0 rings (SSSR count). The predicted molar refractivity (Wildman–Crippen MR) is 87.0 cm³/mol. The third-order valence-electron chi connectivity index (χ3n) is 3.27. The maximum atomic E-state index is 11.3. The van der Waals surface area contributed by atoms with Gasteiger partial charge in [0.1, 0.15) is 0 Å². The molecule has 0 heterocycles. The van der Waals surface area contributed by atoms with Crippen LogP contribution in [0.15, 0.2) is 17.6 Å². The normalized spacial score (nSPS) is 13.1. The Morgan fingerprint density at radius 2 is 1.80 bits per heavy atom. The van der Waals surface area contributed by atoms with Crippen molar-refractivity contribution in [2.24, 2.45) is 15.8 Å². The van der Waals surface area contributed by atoms with Gasteiger partial charge in [-0.15, -0.1) is 0 Å². The number of amides is 1. The van der Waals surface area contributed by atoms with Gasteiger partial charge in [-0.2, -0.15) is 0 Å². The first kappa shape index (κ1) is 18.7. The van der Waals surface area contributed by atoms with E-state index < -0.39 is 0 Å². The summed E-state index contributed by atoms with van der Waals surface area (Å²) in [5, 5.41) is 2.88. The molecule has 0 aromatic carbocycles. The number of amidine groups is 1. The molecule has 20 heavy (non-hydrogen) atoms. The standard InChI is InChI=1S/C16H31N3O/c1-9-14(20)18-12-16(5,6)10-15(3,4)11-17-13(2)19(7)8/h9H,1,10-12H2,2-8H3,(H,18,20). The van der Waals surface area contributed by atoms with E-state index in [2.05, 4.69) is 44.6 Å². The molecule has 0 aliphatic rings. The van der Waals surface area contributed by atoms with Gasteiger partial charge in [0.15, 0.2) is 0 Å². The zero-order valence-electron chi connectivity index (χ0n) is 14.2. The predicted octanol–water partition coefficient (Wildman–Crippen LogP) is 2.71. The fourth-order valence-corrected chi connectivity index (χ4v) is 2.28. The first-order valence-electron chi connectivity index (χ1n) is 7.08. The summed E-state index contributed by atoms with van der Waals surface area (Å²) in [7, 11) is 4.00. The van der Waals surface area contributed by atoms with Crippen LogP contribution in [0, 0.1) is 10.8 Å². The largest absolute Gasteiger partial charge is 0.367 e. The number of carbonyl (C=O) groups excluding carboxylic acids is 1. The number of hydrogen-bond acceptors (Lipinski definition) is 2. The molecule has 1 N–H and O–H groups in total. The monoisotopic (exact) mass is 281 g/mol. The molecule has 0 aromatic rings. The molecule has 4 heteroatoms. The molecule has 0 aromatic heterocycles. The van der Waals surface area contributed by atoms with Gasteiger partial charge < -0.3 is 10.2 Å². The third-order valence-corrected chi connectivity index (χ3v) is 3.27. The van der Waals surface area contributed by atoms with E-state index in [4.69, 9.17) is 0 Å². The van der Waals surface area contributed by atoms with Gasteiger partial charge in [0.2, 0.25) is 5.91 Å². The maximum absolute atomic E-state index is 11.3. The van der Waals surface area contributed by atoms with Crippen molar-refractivity contribution in [3.05, 3.63) is 12.7 Å². The van der Waals surface area contributed by atoms with E-state index >= 15 is 0 Å². The quantitative estimate of drug-likeness (QED) is 0.443. The lowest BCUT2D eigenvalue weighted by molar-refractivity contribution is -0.117. The first-order valence-corrected chi connectivity index (χ1v) is 7.08. The minimum absolute atomic E-state index is 0.0315. The van der Waals surface area contributed by atoms with Crippen molar-refractivity contribution in [3.8, 4) is 0 Å². The lowest BCUT2D eigenvalue weighted by Crippen LogP contribution is -2.37. The fourth-order valence-electron chi connectivity index (χ4n) is 2.28. The van der Waals surface area contributed by atoms with E-state index in [1.165, 1.54) is 6.08 Å². The van der Waals surface area contributed by atoms with Gasteiger partial charge in [-0.1, -0.05) is 34.3 Å². The van der Waals surface area contributed by atoms with Crippen molar-refractivity contribution < 1.29 is 4.79 Å². The Morgan fingerprint density at radius 3 is 2.25 bits per heavy atom. The molecule has 0 bridgehead atoms. The van der Waals surface area contributed by atoms with Crippen molar-refractivity contribution in [1.82, 2.24) is 10.2 Å². The second-order valence-electron chi connectivity index (χ2n) is 7.19. The van der Waals surface area contributed by atoms with Crippen LogP contribution in [0.4, 0.5) is 0 Å². The molecule has 4 nitrogen and oxygen atoms in total. The summed E-state index contributed by atoms with van der Waals surface area (Å²) in [5.74, 6) is 0.924. The number of nitrogens with zero attached hydrogens (tertiary/aromatic N) is 2. The Hall–Kier alpha value is -1.32. The number of rotatable bonds is 7. The molecular formula is C16H31N3O. The highest BCUT2D eigenvalue weighted by Crippen LogP contribution is 2.33.